The normalized spacial score (nSPS) is 16.0. The summed E-state index contributed by atoms with van der Waals surface area (Å²) in [6, 6.07) is 10.9. The summed E-state index contributed by atoms with van der Waals surface area (Å²) >= 11 is 0. The van der Waals surface area contributed by atoms with E-state index in [0.717, 1.165) is 0 Å². The van der Waals surface area contributed by atoms with Gasteiger partial charge in [-0.05, 0) is 55.8 Å². The average molecular weight is 387 g/mol. The Kier molecular flexibility index (Phi) is 4.15. The number of amides is 1. The highest BCUT2D eigenvalue weighted by molar-refractivity contribution is 7.93. The van der Waals surface area contributed by atoms with Crippen LogP contribution in [0.25, 0.3) is 10.9 Å². The molecule has 27 heavy (non-hydrogen) atoms. The molecule has 1 saturated heterocycles. The number of fused-ring (bicyclic) bond motifs is 1. The van der Waals surface area contributed by atoms with E-state index < -0.39 is 15.8 Å². The number of hydrogen-bond acceptors (Lipinski definition) is 3. The zero-order chi connectivity index (χ0) is 19.2. The van der Waals surface area contributed by atoms with E-state index >= 15 is 0 Å². The van der Waals surface area contributed by atoms with Crippen LogP contribution in [0, 0.1) is 12.7 Å². The molecule has 1 amide bonds. The van der Waals surface area contributed by atoms with Crippen LogP contribution < -0.4 is 9.62 Å². The van der Waals surface area contributed by atoms with Crippen molar-refractivity contribution in [3.8, 4) is 0 Å². The van der Waals surface area contributed by atoms with E-state index in [4.69, 9.17) is 0 Å². The summed E-state index contributed by atoms with van der Waals surface area (Å²) in [6.07, 6.45) is 0.608. The van der Waals surface area contributed by atoms with Gasteiger partial charge in [-0.15, -0.1) is 0 Å². The Morgan fingerprint density at radius 2 is 1.93 bits per heavy atom. The van der Waals surface area contributed by atoms with Gasteiger partial charge in [-0.25, -0.2) is 12.8 Å². The first-order chi connectivity index (χ1) is 12.8. The third kappa shape index (κ3) is 3.16. The van der Waals surface area contributed by atoms with Gasteiger partial charge in [-0.2, -0.15) is 0 Å². The van der Waals surface area contributed by atoms with Crippen molar-refractivity contribution in [2.45, 2.75) is 13.3 Å². The Hall–Kier alpha value is -2.87. The highest BCUT2D eigenvalue weighted by atomic mass is 32.2. The standard InChI is InChI=1S/C19H18FN3O3S/c1-12-18(16-11-13(20)3-8-17(16)21-12)19(24)22-14-4-6-15(7-5-14)23-9-2-10-27(23,25)26/h3-8,11,21H,2,9-10H2,1H3,(H,22,24). The van der Waals surface area contributed by atoms with Gasteiger partial charge in [0, 0.05) is 28.8 Å². The van der Waals surface area contributed by atoms with Crippen molar-refractivity contribution in [2.24, 2.45) is 0 Å². The number of carbonyl (C=O) groups is 1. The lowest BCUT2D eigenvalue weighted by molar-refractivity contribution is 0.102. The first-order valence-electron chi connectivity index (χ1n) is 8.55. The summed E-state index contributed by atoms with van der Waals surface area (Å²) in [6.45, 7) is 2.22. The number of sulfonamides is 1. The second-order valence-electron chi connectivity index (χ2n) is 6.56. The SMILES string of the molecule is Cc1[nH]c2ccc(F)cc2c1C(=O)Nc1ccc(N2CCCS2(=O)=O)cc1. The summed E-state index contributed by atoms with van der Waals surface area (Å²) < 4.78 is 38.9. The molecule has 4 rings (SSSR count). The van der Waals surface area contributed by atoms with Gasteiger partial charge in [0.1, 0.15) is 5.82 Å². The van der Waals surface area contributed by atoms with Gasteiger partial charge in [0.25, 0.3) is 5.91 Å². The zero-order valence-corrected chi connectivity index (χ0v) is 15.4. The Balaban J connectivity index is 1.59. The van der Waals surface area contributed by atoms with Crippen molar-refractivity contribution in [2.75, 3.05) is 21.9 Å². The fourth-order valence-electron chi connectivity index (χ4n) is 3.43. The molecule has 1 aliphatic heterocycles. The summed E-state index contributed by atoms with van der Waals surface area (Å²) in [5, 5.41) is 3.30. The first-order valence-corrected chi connectivity index (χ1v) is 10.2. The number of aryl methyl sites for hydroxylation is 1. The average Bonchev–Trinajstić information content (AvgIpc) is 3.13. The lowest BCUT2D eigenvalue weighted by Crippen LogP contribution is -2.25. The molecule has 0 bridgehead atoms. The number of H-pyrrole nitrogens is 1. The Bertz CT molecular complexity index is 1140. The Morgan fingerprint density at radius 1 is 1.19 bits per heavy atom. The maximum Gasteiger partial charge on any atom is 0.258 e. The fourth-order valence-corrected chi connectivity index (χ4v) is 4.99. The summed E-state index contributed by atoms with van der Waals surface area (Å²) in [5.41, 5.74) is 2.83. The molecule has 0 atom stereocenters. The van der Waals surface area contributed by atoms with Gasteiger partial charge in [-0.1, -0.05) is 0 Å². The molecular weight excluding hydrogens is 369 g/mol. The molecule has 0 spiro atoms. The monoisotopic (exact) mass is 387 g/mol. The molecule has 140 valence electrons. The Labute approximate surface area is 156 Å². The van der Waals surface area contributed by atoms with Crippen LogP contribution >= 0.6 is 0 Å². The van der Waals surface area contributed by atoms with E-state index in [9.17, 15) is 17.6 Å². The lowest BCUT2D eigenvalue weighted by atomic mass is 10.1. The molecule has 3 aromatic rings. The molecule has 0 saturated carbocycles. The molecule has 2 N–H and O–H groups in total. The predicted molar refractivity (Wildman–Crippen MR) is 103 cm³/mol. The third-order valence-corrected chi connectivity index (χ3v) is 6.56. The number of rotatable bonds is 3. The largest absolute Gasteiger partial charge is 0.358 e. The smallest absolute Gasteiger partial charge is 0.258 e. The number of aromatic amines is 1. The number of benzene rings is 2. The molecule has 2 heterocycles. The van der Waals surface area contributed by atoms with Crippen molar-refractivity contribution in [1.29, 1.82) is 0 Å². The maximum atomic E-state index is 13.6. The number of carbonyl (C=O) groups excluding carboxylic acids is 1. The van der Waals surface area contributed by atoms with Crippen molar-refractivity contribution >= 4 is 38.2 Å². The highest BCUT2D eigenvalue weighted by Crippen LogP contribution is 2.27. The molecule has 8 heteroatoms. The van der Waals surface area contributed by atoms with Crippen molar-refractivity contribution in [3.05, 3.63) is 59.5 Å². The van der Waals surface area contributed by atoms with Crippen LogP contribution in [0.3, 0.4) is 0 Å². The molecular formula is C19H18FN3O3S. The van der Waals surface area contributed by atoms with Crippen LogP contribution in [-0.2, 0) is 10.0 Å². The van der Waals surface area contributed by atoms with Crippen LogP contribution in [0.4, 0.5) is 15.8 Å². The number of anilines is 2. The molecule has 1 fully saturated rings. The van der Waals surface area contributed by atoms with Gasteiger partial charge in [-0.3, -0.25) is 9.10 Å². The second-order valence-corrected chi connectivity index (χ2v) is 8.57. The van der Waals surface area contributed by atoms with Crippen LogP contribution in [0.5, 0.6) is 0 Å². The molecule has 1 aliphatic rings. The molecule has 0 unspecified atom stereocenters. The molecule has 6 nitrogen and oxygen atoms in total. The minimum atomic E-state index is -3.24. The number of aromatic nitrogens is 1. The highest BCUT2D eigenvalue weighted by Gasteiger charge is 2.28. The second kappa shape index (κ2) is 6.38. The molecule has 2 aromatic carbocycles. The minimum Gasteiger partial charge on any atom is -0.358 e. The van der Waals surface area contributed by atoms with Gasteiger partial charge < -0.3 is 10.3 Å². The third-order valence-electron chi connectivity index (χ3n) is 4.69. The summed E-state index contributed by atoms with van der Waals surface area (Å²) in [4.78, 5) is 15.8. The summed E-state index contributed by atoms with van der Waals surface area (Å²) in [5.74, 6) is -0.611. The van der Waals surface area contributed by atoms with Crippen molar-refractivity contribution < 1.29 is 17.6 Å². The topological polar surface area (TPSA) is 82.3 Å². The van der Waals surface area contributed by atoms with Gasteiger partial charge in [0.05, 0.1) is 17.0 Å². The number of hydrogen-bond donors (Lipinski definition) is 2. The number of halogens is 1. The lowest BCUT2D eigenvalue weighted by Gasteiger charge is -2.17. The molecule has 0 aliphatic carbocycles. The van der Waals surface area contributed by atoms with Gasteiger partial charge in [0.2, 0.25) is 10.0 Å². The van der Waals surface area contributed by atoms with E-state index in [1.54, 1.807) is 37.3 Å². The van der Waals surface area contributed by atoms with Gasteiger partial charge >= 0.3 is 0 Å². The molecule has 1 aromatic heterocycles. The van der Waals surface area contributed by atoms with E-state index in [1.165, 1.54) is 16.4 Å². The number of nitrogens with zero attached hydrogens (tertiary/aromatic N) is 1. The molecule has 0 radical (unpaired) electrons. The Morgan fingerprint density at radius 3 is 2.59 bits per heavy atom. The van der Waals surface area contributed by atoms with Crippen LogP contribution in [0.1, 0.15) is 22.5 Å². The van der Waals surface area contributed by atoms with E-state index in [1.807, 2.05) is 0 Å². The van der Waals surface area contributed by atoms with E-state index in [2.05, 4.69) is 10.3 Å². The van der Waals surface area contributed by atoms with Crippen LogP contribution in [-0.4, -0.2) is 31.6 Å². The van der Waals surface area contributed by atoms with Gasteiger partial charge in [0.15, 0.2) is 0 Å². The predicted octanol–water partition coefficient (Wildman–Crippen LogP) is 3.41. The quantitative estimate of drug-likeness (QED) is 0.723. The van der Waals surface area contributed by atoms with Crippen molar-refractivity contribution in [3.63, 3.8) is 0 Å². The van der Waals surface area contributed by atoms with Crippen molar-refractivity contribution in [1.82, 2.24) is 4.98 Å². The number of nitrogens with one attached hydrogen (secondary N) is 2. The van der Waals surface area contributed by atoms with Crippen LogP contribution in [0.15, 0.2) is 42.5 Å². The first kappa shape index (κ1) is 17.5. The maximum absolute atomic E-state index is 13.6. The zero-order valence-electron chi connectivity index (χ0n) is 14.6. The van der Waals surface area contributed by atoms with E-state index in [-0.39, 0.29) is 11.7 Å². The van der Waals surface area contributed by atoms with E-state index in [0.29, 0.717) is 46.5 Å². The minimum absolute atomic E-state index is 0.155. The fraction of sp³-hybridized carbons (Fsp3) is 0.211. The van der Waals surface area contributed by atoms with Crippen LogP contribution in [0.2, 0.25) is 0 Å². The summed E-state index contributed by atoms with van der Waals surface area (Å²) in [7, 11) is -3.24.